The van der Waals surface area contributed by atoms with E-state index in [4.69, 9.17) is 9.47 Å². The average Bonchev–Trinajstić information content (AvgIpc) is 2.90. The van der Waals surface area contributed by atoms with Crippen molar-refractivity contribution in [3.63, 3.8) is 0 Å². The van der Waals surface area contributed by atoms with Crippen molar-refractivity contribution in [2.24, 2.45) is 5.41 Å². The van der Waals surface area contributed by atoms with Gasteiger partial charge in [-0.3, -0.25) is 9.59 Å². The molecule has 1 aromatic rings. The maximum atomic E-state index is 13.4. The van der Waals surface area contributed by atoms with Crippen LogP contribution < -0.4 is 0 Å². The molecule has 2 bridgehead atoms. The summed E-state index contributed by atoms with van der Waals surface area (Å²) in [4.78, 5) is 30.7. The third-order valence-corrected chi connectivity index (χ3v) is 7.80. The fourth-order valence-corrected chi connectivity index (χ4v) is 6.54. The summed E-state index contributed by atoms with van der Waals surface area (Å²) in [6.45, 7) is 4.99. The molecule has 2 aliphatic heterocycles. The third kappa shape index (κ3) is 4.12. The van der Waals surface area contributed by atoms with Gasteiger partial charge < -0.3 is 19.3 Å². The van der Waals surface area contributed by atoms with Crippen LogP contribution in [0.25, 0.3) is 0 Å². The summed E-state index contributed by atoms with van der Waals surface area (Å²) in [7, 11) is 1.63. The second-order valence-electron chi connectivity index (χ2n) is 9.62. The van der Waals surface area contributed by atoms with Gasteiger partial charge in [0.1, 0.15) is 6.61 Å². The lowest BCUT2D eigenvalue weighted by Gasteiger charge is -2.50. The van der Waals surface area contributed by atoms with Crippen LogP contribution >= 0.6 is 0 Å². The van der Waals surface area contributed by atoms with Gasteiger partial charge in [0, 0.05) is 31.5 Å². The molecule has 3 aliphatic rings. The number of hydrogen-bond acceptors (Lipinski definition) is 4. The van der Waals surface area contributed by atoms with Crippen LogP contribution in [0.1, 0.15) is 51.5 Å². The number of hydrogen-bond donors (Lipinski definition) is 0. The lowest BCUT2D eigenvalue weighted by molar-refractivity contribution is -0.145. The molecule has 5 atom stereocenters. The zero-order valence-corrected chi connectivity index (χ0v) is 19.1. The number of methoxy groups -OCH3 is 1. The van der Waals surface area contributed by atoms with E-state index in [1.807, 2.05) is 18.2 Å². The van der Waals surface area contributed by atoms with Gasteiger partial charge in [-0.2, -0.15) is 0 Å². The largest absolute Gasteiger partial charge is 0.382 e. The van der Waals surface area contributed by atoms with Crippen molar-refractivity contribution in [2.45, 2.75) is 76.5 Å². The molecule has 2 saturated heterocycles. The van der Waals surface area contributed by atoms with E-state index >= 15 is 0 Å². The van der Waals surface area contributed by atoms with Gasteiger partial charge in [-0.05, 0) is 31.2 Å². The van der Waals surface area contributed by atoms with Crippen LogP contribution in [0.15, 0.2) is 30.3 Å². The summed E-state index contributed by atoms with van der Waals surface area (Å²) >= 11 is 0. The number of rotatable bonds is 7. The number of fused-ring (bicyclic) bond motifs is 1. The Balaban J connectivity index is 1.68. The smallest absolute Gasteiger partial charge is 0.249 e. The maximum absolute atomic E-state index is 13.4. The number of carbonyl (C=O) groups excluding carboxylic acids is 2. The topological polar surface area (TPSA) is 59.1 Å². The highest BCUT2D eigenvalue weighted by molar-refractivity contribution is 5.80. The van der Waals surface area contributed by atoms with Crippen molar-refractivity contribution >= 4 is 11.8 Å². The number of amides is 2. The molecule has 6 heteroatoms. The zero-order chi connectivity index (χ0) is 22.0. The molecule has 0 unspecified atom stereocenters. The second-order valence-corrected chi connectivity index (χ2v) is 9.62. The van der Waals surface area contributed by atoms with Crippen molar-refractivity contribution < 1.29 is 19.1 Å². The lowest BCUT2D eigenvalue weighted by atomic mass is 9.69. The quantitative estimate of drug-likeness (QED) is 0.627. The summed E-state index contributed by atoms with van der Waals surface area (Å²) in [5.74, 6) is 0.187. The summed E-state index contributed by atoms with van der Waals surface area (Å²) in [5, 5.41) is 0. The van der Waals surface area contributed by atoms with Gasteiger partial charge in [0.25, 0.3) is 0 Å². The first-order valence-corrected chi connectivity index (χ1v) is 11.7. The molecule has 2 heterocycles. The Hall–Kier alpha value is -1.92. The van der Waals surface area contributed by atoms with Gasteiger partial charge in [0.2, 0.25) is 11.8 Å². The van der Waals surface area contributed by atoms with Gasteiger partial charge >= 0.3 is 0 Å². The van der Waals surface area contributed by atoms with Crippen LogP contribution in [0.3, 0.4) is 0 Å². The fourth-order valence-electron chi connectivity index (χ4n) is 6.54. The minimum Gasteiger partial charge on any atom is -0.382 e. The number of piperidine rings is 1. The van der Waals surface area contributed by atoms with E-state index in [0.717, 1.165) is 38.5 Å². The fraction of sp³-hybridized carbons (Fsp3) is 0.680. The summed E-state index contributed by atoms with van der Waals surface area (Å²) in [5.41, 5.74) is 1.16. The van der Waals surface area contributed by atoms with E-state index in [2.05, 4.69) is 28.9 Å². The first kappa shape index (κ1) is 22.3. The Labute approximate surface area is 185 Å². The standard InChI is InChI=1S/C25H36N2O4/c1-18(28)26-20(15-19-9-5-4-6-10-19)21-16-25(2)22(26)11-7-8-12-23(25)27(21)24(29)17-31-14-13-30-3/h4-6,9-10,20-23H,7-8,11-17H2,1-3H3/t20-,21+,22-,23+,25-/m1/s1. The molecule has 6 nitrogen and oxygen atoms in total. The Morgan fingerprint density at radius 2 is 1.74 bits per heavy atom. The van der Waals surface area contributed by atoms with Crippen LogP contribution in [0, 0.1) is 5.41 Å². The first-order chi connectivity index (χ1) is 15.0. The predicted octanol–water partition coefficient (Wildman–Crippen LogP) is 3.04. The van der Waals surface area contributed by atoms with Crippen LogP contribution in [-0.2, 0) is 25.5 Å². The van der Waals surface area contributed by atoms with E-state index in [0.29, 0.717) is 13.2 Å². The number of ether oxygens (including phenoxy) is 2. The average molecular weight is 429 g/mol. The van der Waals surface area contributed by atoms with Crippen LogP contribution in [0.4, 0.5) is 0 Å². The monoisotopic (exact) mass is 428 g/mol. The first-order valence-electron chi connectivity index (χ1n) is 11.7. The number of likely N-dealkylation sites (tertiary alicyclic amines) is 2. The van der Waals surface area contributed by atoms with E-state index < -0.39 is 0 Å². The molecule has 1 saturated carbocycles. The molecule has 31 heavy (non-hydrogen) atoms. The van der Waals surface area contributed by atoms with Gasteiger partial charge in [-0.1, -0.05) is 50.1 Å². The summed E-state index contributed by atoms with van der Waals surface area (Å²) < 4.78 is 10.7. The normalized spacial score (nSPS) is 32.1. The van der Waals surface area contributed by atoms with Gasteiger partial charge in [-0.25, -0.2) is 0 Å². The van der Waals surface area contributed by atoms with E-state index in [9.17, 15) is 9.59 Å². The molecule has 0 aromatic heterocycles. The number of nitrogens with zero attached hydrogens (tertiary/aromatic N) is 2. The SMILES string of the molecule is COCCOCC(=O)N1[C@H]2CCCC[C@H]3N(C(C)=O)[C@H](Cc4ccccc4)[C@@H]1C[C@@]23C. The van der Waals surface area contributed by atoms with Crippen molar-refractivity contribution in [2.75, 3.05) is 26.9 Å². The van der Waals surface area contributed by atoms with Crippen molar-refractivity contribution in [3.05, 3.63) is 35.9 Å². The molecule has 2 amide bonds. The van der Waals surface area contributed by atoms with Gasteiger partial charge in [0.05, 0.1) is 25.3 Å². The van der Waals surface area contributed by atoms with E-state index in [-0.39, 0.29) is 48.0 Å². The second kappa shape index (κ2) is 9.29. The highest BCUT2D eigenvalue weighted by Gasteiger charge is 2.63. The lowest BCUT2D eigenvalue weighted by Crippen LogP contribution is -2.61. The number of carbonyl (C=O) groups is 2. The molecule has 0 radical (unpaired) electrons. The van der Waals surface area contributed by atoms with Gasteiger partial charge in [0.15, 0.2) is 0 Å². The Kier molecular flexibility index (Phi) is 6.68. The van der Waals surface area contributed by atoms with Crippen LogP contribution in [-0.4, -0.2) is 72.7 Å². The van der Waals surface area contributed by atoms with Crippen molar-refractivity contribution in [3.8, 4) is 0 Å². The third-order valence-electron chi connectivity index (χ3n) is 7.80. The maximum Gasteiger partial charge on any atom is 0.249 e. The molecule has 3 fully saturated rings. The molecule has 170 valence electrons. The molecular formula is C25H36N2O4. The van der Waals surface area contributed by atoms with Gasteiger partial charge in [-0.15, -0.1) is 0 Å². The Morgan fingerprint density at radius 3 is 2.39 bits per heavy atom. The Bertz CT molecular complexity index is 785. The highest BCUT2D eigenvalue weighted by atomic mass is 16.5. The molecule has 4 rings (SSSR count). The molecular weight excluding hydrogens is 392 g/mol. The van der Waals surface area contributed by atoms with E-state index in [1.165, 1.54) is 5.56 Å². The van der Waals surface area contributed by atoms with Crippen molar-refractivity contribution in [1.29, 1.82) is 0 Å². The van der Waals surface area contributed by atoms with Crippen molar-refractivity contribution in [1.82, 2.24) is 9.80 Å². The molecule has 1 aliphatic carbocycles. The highest BCUT2D eigenvalue weighted by Crippen LogP contribution is 2.55. The molecule has 0 N–H and O–H groups in total. The minimum absolute atomic E-state index is 0.00370. The van der Waals surface area contributed by atoms with E-state index in [1.54, 1.807) is 14.0 Å². The molecule has 0 spiro atoms. The predicted molar refractivity (Wildman–Crippen MR) is 119 cm³/mol. The van der Waals surface area contributed by atoms with Crippen LogP contribution in [0.5, 0.6) is 0 Å². The minimum atomic E-state index is -0.0534. The number of benzene rings is 1. The Morgan fingerprint density at radius 1 is 1.06 bits per heavy atom. The van der Waals surface area contributed by atoms with Crippen LogP contribution in [0.2, 0.25) is 0 Å². The zero-order valence-electron chi connectivity index (χ0n) is 19.1. The summed E-state index contributed by atoms with van der Waals surface area (Å²) in [6, 6.07) is 10.8. The summed E-state index contributed by atoms with van der Waals surface area (Å²) in [6.07, 6.45) is 5.99. The molecule has 1 aromatic carbocycles.